The predicted molar refractivity (Wildman–Crippen MR) is 46.7 cm³/mol. The summed E-state index contributed by atoms with van der Waals surface area (Å²) in [6.07, 6.45) is 2.67. The molecule has 0 spiro atoms. The number of rotatable bonds is 2. The van der Waals surface area contributed by atoms with Gasteiger partial charge in [0.1, 0.15) is 0 Å². The SMILES string of the molecule is C=CNC1=C(N)CN(C)CC1. The van der Waals surface area contributed by atoms with Crippen LogP contribution in [0.3, 0.4) is 0 Å². The molecule has 0 aliphatic carbocycles. The summed E-state index contributed by atoms with van der Waals surface area (Å²) in [5.41, 5.74) is 7.84. The molecule has 11 heavy (non-hydrogen) atoms. The Morgan fingerprint density at radius 1 is 1.73 bits per heavy atom. The number of nitrogens with two attached hydrogens (primary N) is 1. The van der Waals surface area contributed by atoms with Crippen LogP contribution in [0, 0.1) is 0 Å². The Hall–Kier alpha value is -0.960. The average Bonchev–Trinajstić information content (AvgIpc) is 1.95. The van der Waals surface area contributed by atoms with Gasteiger partial charge in [-0.25, -0.2) is 0 Å². The van der Waals surface area contributed by atoms with Crippen LogP contribution < -0.4 is 11.1 Å². The quantitative estimate of drug-likeness (QED) is 0.596. The largest absolute Gasteiger partial charge is 0.400 e. The van der Waals surface area contributed by atoms with E-state index < -0.39 is 0 Å². The normalized spacial score (nSPS) is 20.1. The minimum Gasteiger partial charge on any atom is -0.400 e. The van der Waals surface area contributed by atoms with Gasteiger partial charge in [-0.3, -0.25) is 0 Å². The van der Waals surface area contributed by atoms with Crippen LogP contribution in [0.25, 0.3) is 0 Å². The Kier molecular flexibility index (Phi) is 2.54. The summed E-state index contributed by atoms with van der Waals surface area (Å²) in [6.45, 7) is 5.52. The summed E-state index contributed by atoms with van der Waals surface area (Å²) in [7, 11) is 2.07. The highest BCUT2D eigenvalue weighted by molar-refractivity contribution is 5.15. The number of nitrogens with zero attached hydrogens (tertiary/aromatic N) is 1. The fraction of sp³-hybridized carbons (Fsp3) is 0.500. The first-order chi connectivity index (χ1) is 5.24. The topological polar surface area (TPSA) is 41.3 Å². The smallest absolute Gasteiger partial charge is 0.0420 e. The lowest BCUT2D eigenvalue weighted by molar-refractivity contribution is 0.342. The van der Waals surface area contributed by atoms with Crippen LogP contribution in [0.4, 0.5) is 0 Å². The highest BCUT2D eigenvalue weighted by Gasteiger charge is 2.11. The van der Waals surface area contributed by atoms with Crippen molar-refractivity contribution >= 4 is 0 Å². The van der Waals surface area contributed by atoms with Crippen molar-refractivity contribution in [3.05, 3.63) is 24.2 Å². The van der Waals surface area contributed by atoms with Crippen molar-refractivity contribution in [1.82, 2.24) is 10.2 Å². The molecule has 62 valence electrons. The molecular weight excluding hydrogens is 138 g/mol. The van der Waals surface area contributed by atoms with Crippen molar-refractivity contribution < 1.29 is 0 Å². The number of likely N-dealkylation sites (N-methyl/N-ethyl adjacent to an activating group) is 1. The molecule has 0 saturated carbocycles. The van der Waals surface area contributed by atoms with E-state index in [9.17, 15) is 0 Å². The Balaban J connectivity index is 2.61. The van der Waals surface area contributed by atoms with Crippen LogP contribution in [0.1, 0.15) is 6.42 Å². The lowest BCUT2D eigenvalue weighted by Crippen LogP contribution is -2.33. The minimum atomic E-state index is 0.857. The molecule has 1 heterocycles. The van der Waals surface area contributed by atoms with E-state index >= 15 is 0 Å². The molecule has 3 N–H and O–H groups in total. The van der Waals surface area contributed by atoms with E-state index in [-0.39, 0.29) is 0 Å². The van der Waals surface area contributed by atoms with Crippen LogP contribution in [-0.4, -0.2) is 25.0 Å². The van der Waals surface area contributed by atoms with Crippen LogP contribution in [0.2, 0.25) is 0 Å². The molecule has 0 aromatic rings. The molecule has 3 nitrogen and oxygen atoms in total. The Morgan fingerprint density at radius 3 is 3.00 bits per heavy atom. The minimum absolute atomic E-state index is 0.857. The summed E-state index contributed by atoms with van der Waals surface area (Å²) >= 11 is 0. The first-order valence-corrected chi connectivity index (χ1v) is 3.77. The first kappa shape index (κ1) is 8.14. The summed E-state index contributed by atoms with van der Waals surface area (Å²) < 4.78 is 0. The predicted octanol–water partition coefficient (Wildman–Crippen LogP) is 0.225. The molecule has 1 rings (SSSR count). The lowest BCUT2D eigenvalue weighted by Gasteiger charge is -2.25. The third-order valence-corrected chi connectivity index (χ3v) is 1.85. The second-order valence-electron chi connectivity index (χ2n) is 2.84. The summed E-state index contributed by atoms with van der Waals surface area (Å²) in [4.78, 5) is 2.20. The maximum Gasteiger partial charge on any atom is 0.0420 e. The monoisotopic (exact) mass is 153 g/mol. The third-order valence-electron chi connectivity index (χ3n) is 1.85. The van der Waals surface area contributed by atoms with Gasteiger partial charge in [-0.15, -0.1) is 0 Å². The summed E-state index contributed by atoms with van der Waals surface area (Å²) in [5, 5.41) is 3.05. The Morgan fingerprint density at radius 2 is 2.45 bits per heavy atom. The van der Waals surface area contributed by atoms with Crippen molar-refractivity contribution in [2.24, 2.45) is 5.73 Å². The molecule has 0 radical (unpaired) electrons. The molecule has 3 heteroatoms. The van der Waals surface area contributed by atoms with Gasteiger partial charge in [0, 0.05) is 30.9 Å². The molecule has 0 atom stereocenters. The van der Waals surface area contributed by atoms with E-state index in [1.807, 2.05) is 0 Å². The average molecular weight is 153 g/mol. The highest BCUT2D eigenvalue weighted by atomic mass is 15.1. The van der Waals surface area contributed by atoms with E-state index in [1.165, 1.54) is 0 Å². The zero-order chi connectivity index (χ0) is 8.27. The maximum atomic E-state index is 5.78. The lowest BCUT2D eigenvalue weighted by atomic mass is 10.1. The fourth-order valence-corrected chi connectivity index (χ4v) is 1.22. The zero-order valence-electron chi connectivity index (χ0n) is 6.93. The van der Waals surface area contributed by atoms with Crippen LogP contribution in [0.15, 0.2) is 24.2 Å². The second kappa shape index (κ2) is 3.44. The summed E-state index contributed by atoms with van der Waals surface area (Å²) in [5.74, 6) is 0. The zero-order valence-corrected chi connectivity index (χ0v) is 6.93. The molecule has 0 aromatic carbocycles. The molecule has 0 bridgehead atoms. The highest BCUT2D eigenvalue weighted by Crippen LogP contribution is 2.09. The van der Waals surface area contributed by atoms with Crippen LogP contribution in [0.5, 0.6) is 0 Å². The van der Waals surface area contributed by atoms with Crippen molar-refractivity contribution in [3.8, 4) is 0 Å². The number of hydrogen-bond acceptors (Lipinski definition) is 3. The number of hydrogen-bond donors (Lipinski definition) is 2. The van der Waals surface area contributed by atoms with Crippen LogP contribution >= 0.6 is 0 Å². The van der Waals surface area contributed by atoms with Gasteiger partial charge in [-0.1, -0.05) is 6.58 Å². The van der Waals surface area contributed by atoms with Crippen LogP contribution in [-0.2, 0) is 0 Å². The van der Waals surface area contributed by atoms with Gasteiger partial charge in [-0.2, -0.15) is 0 Å². The molecule has 1 aliphatic heterocycles. The third kappa shape index (κ3) is 1.98. The van der Waals surface area contributed by atoms with Gasteiger partial charge in [0.2, 0.25) is 0 Å². The number of nitrogens with one attached hydrogen (secondary N) is 1. The fourth-order valence-electron chi connectivity index (χ4n) is 1.22. The standard InChI is InChI=1S/C8H15N3/c1-3-10-8-4-5-11(2)6-7(8)9/h3,10H,1,4-6,9H2,2H3. The van der Waals surface area contributed by atoms with Crippen molar-refractivity contribution in [2.75, 3.05) is 20.1 Å². The Labute approximate surface area is 67.6 Å². The Bertz CT molecular complexity index is 184. The van der Waals surface area contributed by atoms with Gasteiger partial charge < -0.3 is 16.0 Å². The van der Waals surface area contributed by atoms with Gasteiger partial charge in [-0.05, 0) is 13.2 Å². The molecule has 0 aromatic heterocycles. The van der Waals surface area contributed by atoms with Gasteiger partial charge in [0.15, 0.2) is 0 Å². The van der Waals surface area contributed by atoms with E-state index in [2.05, 4.69) is 23.8 Å². The van der Waals surface area contributed by atoms with Gasteiger partial charge >= 0.3 is 0 Å². The molecule has 0 amide bonds. The van der Waals surface area contributed by atoms with E-state index in [1.54, 1.807) is 6.20 Å². The van der Waals surface area contributed by atoms with Gasteiger partial charge in [0.05, 0.1) is 0 Å². The van der Waals surface area contributed by atoms with E-state index in [4.69, 9.17) is 5.73 Å². The molecular formula is C8H15N3. The first-order valence-electron chi connectivity index (χ1n) is 3.77. The second-order valence-corrected chi connectivity index (χ2v) is 2.84. The molecule has 0 saturated heterocycles. The molecule has 0 fully saturated rings. The molecule has 0 unspecified atom stereocenters. The maximum absolute atomic E-state index is 5.78. The van der Waals surface area contributed by atoms with Crippen molar-refractivity contribution in [1.29, 1.82) is 0 Å². The van der Waals surface area contributed by atoms with E-state index in [0.29, 0.717) is 0 Å². The van der Waals surface area contributed by atoms with Crippen molar-refractivity contribution in [3.63, 3.8) is 0 Å². The summed E-state index contributed by atoms with van der Waals surface area (Å²) in [6, 6.07) is 0. The van der Waals surface area contributed by atoms with Gasteiger partial charge in [0.25, 0.3) is 0 Å². The van der Waals surface area contributed by atoms with E-state index in [0.717, 1.165) is 30.9 Å². The molecule has 1 aliphatic rings. The van der Waals surface area contributed by atoms with Crippen molar-refractivity contribution in [2.45, 2.75) is 6.42 Å².